The molecule has 1 unspecified atom stereocenters. The van der Waals surface area contributed by atoms with Gasteiger partial charge in [0.1, 0.15) is 17.0 Å². The Morgan fingerprint density at radius 1 is 1.24 bits per heavy atom. The Kier molecular flexibility index (Phi) is 5.88. The minimum absolute atomic E-state index is 0.0723. The lowest BCUT2D eigenvalue weighted by Gasteiger charge is -2.38. The Bertz CT molecular complexity index is 1570. The number of anilines is 1. The minimum Gasteiger partial charge on any atom is -0.478 e. The van der Waals surface area contributed by atoms with Gasteiger partial charge in [0.25, 0.3) is 0 Å². The van der Waals surface area contributed by atoms with Gasteiger partial charge >= 0.3 is 5.97 Å². The molecule has 1 N–H and O–H groups in total. The Morgan fingerprint density at radius 3 is 2.76 bits per heavy atom. The van der Waals surface area contributed by atoms with Crippen molar-refractivity contribution in [3.63, 3.8) is 0 Å². The number of nitrogens with zero attached hydrogens (tertiary/aromatic N) is 3. The number of rotatable bonds is 7. The van der Waals surface area contributed by atoms with E-state index in [2.05, 4.69) is 15.0 Å². The number of carbonyl (C=O) groups is 1. The van der Waals surface area contributed by atoms with Crippen LogP contribution >= 0.6 is 34.5 Å². The predicted octanol–water partition coefficient (Wildman–Crippen LogP) is 7.01. The number of carboxylic acids is 1. The van der Waals surface area contributed by atoms with Crippen molar-refractivity contribution in [3.8, 4) is 11.3 Å². The van der Waals surface area contributed by atoms with Crippen molar-refractivity contribution in [2.45, 2.75) is 37.9 Å². The summed E-state index contributed by atoms with van der Waals surface area (Å²) >= 11 is 14.3. The summed E-state index contributed by atoms with van der Waals surface area (Å²) in [6, 6.07) is 7.89. The molecule has 1 aliphatic heterocycles. The van der Waals surface area contributed by atoms with E-state index in [1.807, 2.05) is 0 Å². The largest absolute Gasteiger partial charge is 0.478 e. The number of aromatic carboxylic acids is 1. The van der Waals surface area contributed by atoms with Gasteiger partial charge in [-0.25, -0.2) is 14.2 Å². The number of benzene rings is 2. The van der Waals surface area contributed by atoms with E-state index < -0.39 is 11.8 Å². The van der Waals surface area contributed by atoms with Crippen LogP contribution in [0.4, 0.5) is 9.52 Å². The van der Waals surface area contributed by atoms with E-state index in [9.17, 15) is 14.3 Å². The van der Waals surface area contributed by atoms with Crippen molar-refractivity contribution in [2.24, 2.45) is 11.8 Å². The quantitative estimate of drug-likeness (QED) is 0.254. The van der Waals surface area contributed by atoms with Crippen molar-refractivity contribution < 1.29 is 23.6 Å². The maximum Gasteiger partial charge on any atom is 0.335 e. The first-order valence-corrected chi connectivity index (χ1v) is 14.1. The molecule has 3 aliphatic rings. The van der Waals surface area contributed by atoms with E-state index in [1.165, 1.54) is 17.4 Å². The Labute approximate surface area is 231 Å². The molecule has 38 heavy (non-hydrogen) atoms. The number of thiazole rings is 1. The highest BCUT2D eigenvalue weighted by molar-refractivity contribution is 7.22. The van der Waals surface area contributed by atoms with Crippen molar-refractivity contribution in [3.05, 3.63) is 63.1 Å². The van der Waals surface area contributed by atoms with Crippen LogP contribution in [0.5, 0.6) is 0 Å². The molecule has 11 heteroatoms. The van der Waals surface area contributed by atoms with Gasteiger partial charge in [0, 0.05) is 36.1 Å². The molecule has 0 spiro atoms. The van der Waals surface area contributed by atoms with Gasteiger partial charge in [-0.15, -0.1) is 0 Å². The molecular weight excluding hydrogens is 552 g/mol. The third-order valence-electron chi connectivity index (χ3n) is 7.87. The number of halogens is 3. The Hall–Kier alpha value is -2.72. The highest BCUT2D eigenvalue weighted by Crippen LogP contribution is 2.48. The first-order valence-electron chi connectivity index (χ1n) is 12.5. The third kappa shape index (κ3) is 4.07. The zero-order chi connectivity index (χ0) is 26.1. The molecule has 2 saturated carbocycles. The van der Waals surface area contributed by atoms with Gasteiger partial charge in [-0.2, -0.15) is 0 Å². The van der Waals surface area contributed by atoms with Crippen molar-refractivity contribution in [2.75, 3.05) is 18.0 Å². The lowest BCUT2D eigenvalue weighted by Crippen LogP contribution is -2.42. The number of ether oxygens (including phenoxy) is 1. The fourth-order valence-corrected chi connectivity index (χ4v) is 7.28. The summed E-state index contributed by atoms with van der Waals surface area (Å²) in [5.41, 5.74) is 2.36. The molecule has 7 nitrogen and oxygen atoms in total. The van der Waals surface area contributed by atoms with Gasteiger partial charge in [-0.3, -0.25) is 0 Å². The van der Waals surface area contributed by atoms with Crippen LogP contribution < -0.4 is 4.90 Å². The normalized spacial score (nSPS) is 22.6. The first-order chi connectivity index (χ1) is 18.4. The summed E-state index contributed by atoms with van der Waals surface area (Å²) in [6.45, 7) is 1.94. The second-order valence-corrected chi connectivity index (χ2v) is 12.1. The molecule has 3 atom stereocenters. The molecule has 7 rings (SSSR count). The van der Waals surface area contributed by atoms with Gasteiger partial charge in [-0.05, 0) is 49.4 Å². The zero-order valence-electron chi connectivity index (χ0n) is 20.0. The van der Waals surface area contributed by atoms with Gasteiger partial charge in [-0.1, -0.05) is 45.8 Å². The molecule has 2 aromatic carbocycles. The molecular formula is C27H22Cl2FN3O4S. The van der Waals surface area contributed by atoms with Crippen LogP contribution in [0, 0.1) is 17.7 Å². The number of hydrogen-bond donors (Lipinski definition) is 1. The average Bonchev–Trinajstić information content (AvgIpc) is 3.33. The van der Waals surface area contributed by atoms with Crippen LogP contribution in [0.15, 0.2) is 34.9 Å². The predicted molar refractivity (Wildman–Crippen MR) is 143 cm³/mol. The summed E-state index contributed by atoms with van der Waals surface area (Å²) < 4.78 is 27.2. The second kappa shape index (κ2) is 9.19. The summed E-state index contributed by atoms with van der Waals surface area (Å²) in [7, 11) is 0. The Morgan fingerprint density at radius 2 is 2.03 bits per heavy atom. The van der Waals surface area contributed by atoms with Crippen LogP contribution in [-0.2, 0) is 11.3 Å². The SMILES string of the molecule is O=C(O)c1cc(F)c2nc(N3C[C@H]4CC(OCc5c(-c6c(Cl)cccc6Cl)noc5C5CC5)[C@H]4C3)sc2c1. The van der Waals surface area contributed by atoms with Crippen molar-refractivity contribution in [1.29, 1.82) is 0 Å². The molecule has 3 fully saturated rings. The monoisotopic (exact) mass is 573 g/mol. The van der Waals surface area contributed by atoms with E-state index in [4.69, 9.17) is 32.5 Å². The van der Waals surface area contributed by atoms with Crippen LogP contribution in [0.3, 0.4) is 0 Å². The molecule has 4 aromatic rings. The summed E-state index contributed by atoms with van der Waals surface area (Å²) in [4.78, 5) is 18.0. The van der Waals surface area contributed by atoms with Gasteiger partial charge in [0.15, 0.2) is 10.9 Å². The van der Waals surface area contributed by atoms with Crippen LogP contribution in [0.1, 0.15) is 46.9 Å². The summed E-state index contributed by atoms with van der Waals surface area (Å²) in [5.74, 6) is 0.246. The van der Waals surface area contributed by atoms with E-state index in [0.717, 1.165) is 49.7 Å². The van der Waals surface area contributed by atoms with E-state index in [-0.39, 0.29) is 17.2 Å². The molecule has 2 aliphatic carbocycles. The maximum atomic E-state index is 14.5. The average molecular weight is 574 g/mol. The fourth-order valence-electron chi connectivity index (χ4n) is 5.67. The number of carboxylic acid groups (broad SMARTS) is 1. The van der Waals surface area contributed by atoms with E-state index >= 15 is 0 Å². The smallest absolute Gasteiger partial charge is 0.335 e. The standard InChI is InChI=1S/C27H22Cl2FN3O4S/c28-17-2-1-3-18(29)22(17)23-16(25(37-32-23)12-4-5-12)11-36-20-7-14-9-33(10-15(14)20)27-31-24-19(30)6-13(26(34)35)8-21(24)38-27/h1-3,6,8,12,14-15,20H,4-5,7,9-11H2,(H,34,35)/t14-,15+,20?/m1/s1. The van der Waals surface area contributed by atoms with E-state index in [0.29, 0.717) is 55.5 Å². The highest BCUT2D eigenvalue weighted by Gasteiger charge is 2.48. The lowest BCUT2D eigenvalue weighted by molar-refractivity contribution is -0.0747. The second-order valence-electron chi connectivity index (χ2n) is 10.3. The summed E-state index contributed by atoms with van der Waals surface area (Å²) in [5, 5.41) is 15.3. The number of fused-ring (bicyclic) bond motifs is 2. The topological polar surface area (TPSA) is 88.7 Å². The maximum absolute atomic E-state index is 14.5. The lowest BCUT2D eigenvalue weighted by atomic mass is 9.73. The Balaban J connectivity index is 1.08. The zero-order valence-corrected chi connectivity index (χ0v) is 22.3. The fraction of sp³-hybridized carbons (Fsp3) is 0.370. The highest BCUT2D eigenvalue weighted by atomic mass is 35.5. The first kappa shape index (κ1) is 24.3. The molecule has 196 valence electrons. The third-order valence-corrected chi connectivity index (χ3v) is 9.56. The molecule has 0 bridgehead atoms. The van der Waals surface area contributed by atoms with Crippen LogP contribution in [0.25, 0.3) is 21.5 Å². The van der Waals surface area contributed by atoms with Gasteiger partial charge < -0.3 is 19.3 Å². The molecule has 0 amide bonds. The van der Waals surface area contributed by atoms with E-state index in [1.54, 1.807) is 18.2 Å². The van der Waals surface area contributed by atoms with Crippen LogP contribution in [0.2, 0.25) is 10.0 Å². The van der Waals surface area contributed by atoms with Crippen molar-refractivity contribution >= 4 is 55.9 Å². The van der Waals surface area contributed by atoms with Gasteiger partial charge in [0.05, 0.1) is 33.0 Å². The number of hydrogen-bond acceptors (Lipinski definition) is 7. The summed E-state index contributed by atoms with van der Waals surface area (Å²) in [6.07, 6.45) is 3.14. The van der Waals surface area contributed by atoms with Gasteiger partial charge in [0.2, 0.25) is 0 Å². The number of aromatic nitrogens is 2. The molecule has 0 radical (unpaired) electrons. The molecule has 3 heterocycles. The minimum atomic E-state index is -1.16. The molecule has 2 aromatic heterocycles. The van der Waals surface area contributed by atoms with Crippen LogP contribution in [-0.4, -0.2) is 40.4 Å². The van der Waals surface area contributed by atoms with Crippen molar-refractivity contribution in [1.82, 2.24) is 10.1 Å². The molecule has 1 saturated heterocycles.